The van der Waals surface area contributed by atoms with Gasteiger partial charge < -0.3 is 5.11 Å². The van der Waals surface area contributed by atoms with E-state index in [1.54, 1.807) is 0 Å². The van der Waals surface area contributed by atoms with E-state index in [-0.39, 0.29) is 18.9 Å². The van der Waals surface area contributed by atoms with Gasteiger partial charge in [-0.15, -0.1) is 0 Å². The highest BCUT2D eigenvalue weighted by Gasteiger charge is 2.37. The van der Waals surface area contributed by atoms with Gasteiger partial charge in [0.15, 0.2) is 6.04 Å². The van der Waals surface area contributed by atoms with Crippen molar-refractivity contribution in [3.8, 4) is 0 Å². The monoisotopic (exact) mass is 235 g/mol. The summed E-state index contributed by atoms with van der Waals surface area (Å²) in [7, 11) is 0. The third-order valence-corrected chi connectivity index (χ3v) is 2.66. The van der Waals surface area contributed by atoms with Crippen LogP contribution in [0.1, 0.15) is 18.4 Å². The topological polar surface area (TPSA) is 66.8 Å². The Hall–Kier alpha value is -1.88. The Labute approximate surface area is 98.6 Å². The second-order valence-electron chi connectivity index (χ2n) is 3.87. The molecule has 17 heavy (non-hydrogen) atoms. The number of carboxylic acids is 1. The van der Waals surface area contributed by atoms with Crippen LogP contribution in [0, 0.1) is 0 Å². The fraction of sp³-hybridized carbons (Fsp3) is 0.333. The van der Waals surface area contributed by atoms with Crippen LogP contribution in [0.5, 0.6) is 0 Å². The zero-order valence-electron chi connectivity index (χ0n) is 9.20. The zero-order chi connectivity index (χ0) is 12.3. The molecular weight excluding hydrogens is 222 g/mol. The van der Waals surface area contributed by atoms with Crippen LogP contribution in [0.3, 0.4) is 0 Å². The number of carboxylic acid groups (broad SMARTS) is 1. The fourth-order valence-electron chi connectivity index (χ4n) is 1.77. The summed E-state index contributed by atoms with van der Waals surface area (Å²) in [5, 5.41) is 9.91. The summed E-state index contributed by atoms with van der Waals surface area (Å²) in [5.41, 5.74) is 0.899. The van der Waals surface area contributed by atoms with Gasteiger partial charge in [-0.2, -0.15) is 0 Å². The molecule has 0 aliphatic carbocycles. The van der Waals surface area contributed by atoms with E-state index in [4.69, 9.17) is 9.94 Å². The third kappa shape index (κ3) is 2.62. The molecule has 1 fully saturated rings. The smallest absolute Gasteiger partial charge is 0.329 e. The number of nitrogens with zero attached hydrogens (tertiary/aromatic N) is 1. The molecule has 0 aromatic heterocycles. The lowest BCUT2D eigenvalue weighted by Gasteiger charge is -2.20. The molecular formula is C12H13NO4. The zero-order valence-corrected chi connectivity index (χ0v) is 9.20. The highest BCUT2D eigenvalue weighted by Crippen LogP contribution is 2.20. The molecule has 0 saturated carbocycles. The number of hydrogen-bond donors (Lipinski definition) is 1. The first-order valence-electron chi connectivity index (χ1n) is 5.40. The Kier molecular flexibility index (Phi) is 3.39. The minimum absolute atomic E-state index is 0.205. The number of hydrogen-bond acceptors (Lipinski definition) is 3. The Morgan fingerprint density at radius 3 is 2.76 bits per heavy atom. The van der Waals surface area contributed by atoms with Gasteiger partial charge in [0, 0.05) is 6.42 Å². The van der Waals surface area contributed by atoms with Crippen LogP contribution in [0.2, 0.25) is 0 Å². The van der Waals surface area contributed by atoms with Gasteiger partial charge in [-0.25, -0.2) is 9.86 Å². The second kappa shape index (κ2) is 4.97. The number of aliphatic carboxylic acids is 1. The maximum Gasteiger partial charge on any atom is 0.329 e. The van der Waals surface area contributed by atoms with Crippen molar-refractivity contribution in [2.75, 3.05) is 0 Å². The number of carbonyl (C=O) groups excluding carboxylic acids is 1. The summed E-state index contributed by atoms with van der Waals surface area (Å²) >= 11 is 0. The fourth-order valence-corrected chi connectivity index (χ4v) is 1.77. The van der Waals surface area contributed by atoms with Crippen LogP contribution in [0.4, 0.5) is 0 Å². The van der Waals surface area contributed by atoms with Crippen molar-refractivity contribution in [2.24, 2.45) is 0 Å². The minimum Gasteiger partial charge on any atom is -0.480 e. The van der Waals surface area contributed by atoms with Gasteiger partial charge in [-0.3, -0.25) is 9.63 Å². The van der Waals surface area contributed by atoms with E-state index < -0.39 is 12.0 Å². The summed E-state index contributed by atoms with van der Waals surface area (Å²) < 4.78 is 0. The van der Waals surface area contributed by atoms with Crippen LogP contribution in [-0.2, 0) is 21.0 Å². The van der Waals surface area contributed by atoms with Gasteiger partial charge in [-0.1, -0.05) is 30.3 Å². The first-order valence-corrected chi connectivity index (χ1v) is 5.40. The van der Waals surface area contributed by atoms with Crippen LogP contribution < -0.4 is 0 Å². The van der Waals surface area contributed by atoms with Gasteiger partial charge in [0.2, 0.25) is 5.91 Å². The van der Waals surface area contributed by atoms with E-state index in [0.717, 1.165) is 10.6 Å². The largest absolute Gasteiger partial charge is 0.480 e. The van der Waals surface area contributed by atoms with Gasteiger partial charge in [0.1, 0.15) is 6.61 Å². The van der Waals surface area contributed by atoms with Crippen LogP contribution in [0.25, 0.3) is 0 Å². The quantitative estimate of drug-likeness (QED) is 0.851. The van der Waals surface area contributed by atoms with Gasteiger partial charge in [0.05, 0.1) is 0 Å². The van der Waals surface area contributed by atoms with Crippen molar-refractivity contribution in [1.82, 2.24) is 5.06 Å². The SMILES string of the molecule is O=C(O)C1CCC(=O)N1OCc1ccccc1. The molecule has 1 amide bonds. The first-order chi connectivity index (χ1) is 8.18. The normalized spacial score (nSPS) is 19.6. The predicted molar refractivity (Wildman–Crippen MR) is 58.7 cm³/mol. The Bertz CT molecular complexity index is 418. The first kappa shape index (κ1) is 11.6. The van der Waals surface area contributed by atoms with Crippen molar-refractivity contribution in [3.05, 3.63) is 35.9 Å². The number of benzene rings is 1. The molecule has 5 nitrogen and oxygen atoms in total. The molecule has 90 valence electrons. The van der Waals surface area contributed by atoms with Crippen LogP contribution in [0.15, 0.2) is 30.3 Å². The van der Waals surface area contributed by atoms with Crippen molar-refractivity contribution in [3.63, 3.8) is 0 Å². The van der Waals surface area contributed by atoms with E-state index in [1.807, 2.05) is 30.3 Å². The Balaban J connectivity index is 1.98. The van der Waals surface area contributed by atoms with Gasteiger partial charge >= 0.3 is 5.97 Å². The highest BCUT2D eigenvalue weighted by atomic mass is 16.7. The average Bonchev–Trinajstić information content (AvgIpc) is 2.69. The molecule has 1 atom stereocenters. The summed E-state index contributed by atoms with van der Waals surface area (Å²) in [4.78, 5) is 27.6. The molecule has 1 saturated heterocycles. The summed E-state index contributed by atoms with van der Waals surface area (Å²) in [5.74, 6) is -1.29. The van der Waals surface area contributed by atoms with Crippen molar-refractivity contribution >= 4 is 11.9 Å². The lowest BCUT2D eigenvalue weighted by Crippen LogP contribution is -2.38. The highest BCUT2D eigenvalue weighted by molar-refractivity contribution is 5.86. The van der Waals surface area contributed by atoms with Gasteiger partial charge in [-0.05, 0) is 12.0 Å². The molecule has 5 heteroatoms. The van der Waals surface area contributed by atoms with Crippen molar-refractivity contribution in [1.29, 1.82) is 0 Å². The molecule has 0 bridgehead atoms. The molecule has 0 radical (unpaired) electrons. The molecule has 0 spiro atoms. The van der Waals surface area contributed by atoms with Crippen LogP contribution in [-0.4, -0.2) is 28.1 Å². The summed E-state index contributed by atoms with van der Waals surface area (Å²) in [6.07, 6.45) is 0.536. The van der Waals surface area contributed by atoms with E-state index in [1.165, 1.54) is 0 Å². The molecule has 1 aromatic rings. The molecule has 1 aromatic carbocycles. The molecule has 1 N–H and O–H groups in total. The number of amides is 1. The third-order valence-electron chi connectivity index (χ3n) is 2.66. The number of carbonyl (C=O) groups is 2. The van der Waals surface area contributed by atoms with Crippen molar-refractivity contribution < 1.29 is 19.5 Å². The lowest BCUT2D eigenvalue weighted by atomic mass is 10.2. The summed E-state index contributed by atoms with van der Waals surface area (Å²) in [6.45, 7) is 0.205. The Morgan fingerprint density at radius 2 is 2.12 bits per heavy atom. The van der Waals surface area contributed by atoms with E-state index in [0.29, 0.717) is 6.42 Å². The van der Waals surface area contributed by atoms with Crippen LogP contribution >= 0.6 is 0 Å². The summed E-state index contributed by atoms with van der Waals surface area (Å²) in [6, 6.07) is 8.46. The minimum atomic E-state index is -1.02. The number of hydroxylamine groups is 2. The van der Waals surface area contributed by atoms with E-state index >= 15 is 0 Å². The maximum atomic E-state index is 11.4. The van der Waals surface area contributed by atoms with E-state index in [9.17, 15) is 9.59 Å². The van der Waals surface area contributed by atoms with Gasteiger partial charge in [0.25, 0.3) is 0 Å². The molecule has 1 aliphatic rings. The van der Waals surface area contributed by atoms with E-state index in [2.05, 4.69) is 0 Å². The lowest BCUT2D eigenvalue weighted by molar-refractivity contribution is -0.201. The average molecular weight is 235 g/mol. The molecule has 2 rings (SSSR count). The Morgan fingerprint density at radius 1 is 1.41 bits per heavy atom. The molecule has 1 aliphatic heterocycles. The molecule has 1 unspecified atom stereocenters. The molecule has 1 heterocycles. The number of rotatable bonds is 4. The standard InChI is InChI=1S/C12H13NO4/c14-11-7-6-10(12(15)16)13(11)17-8-9-4-2-1-3-5-9/h1-5,10H,6-8H2,(H,15,16). The predicted octanol–water partition coefficient (Wildman–Crippen LogP) is 1.19. The second-order valence-corrected chi connectivity index (χ2v) is 3.87. The van der Waals surface area contributed by atoms with Crippen molar-refractivity contribution in [2.45, 2.75) is 25.5 Å². The maximum absolute atomic E-state index is 11.4.